The fourth-order valence-electron chi connectivity index (χ4n) is 2.66. The number of rotatable bonds is 9. The third kappa shape index (κ3) is 4.57. The van der Waals surface area contributed by atoms with Crippen LogP contribution < -0.4 is 5.32 Å². The summed E-state index contributed by atoms with van der Waals surface area (Å²) in [6.07, 6.45) is 2.97. The van der Waals surface area contributed by atoms with E-state index >= 15 is 0 Å². The van der Waals surface area contributed by atoms with Crippen molar-refractivity contribution in [1.82, 2.24) is 15.4 Å². The molecule has 0 atom stereocenters. The summed E-state index contributed by atoms with van der Waals surface area (Å²) in [5.74, 6) is 0.630. The topological polar surface area (TPSA) is 58.4 Å². The second kappa shape index (κ2) is 8.32. The highest BCUT2D eigenvalue weighted by Gasteiger charge is 2.27. The Morgan fingerprint density at radius 2 is 1.82 bits per heavy atom. The van der Waals surface area contributed by atoms with E-state index in [9.17, 15) is 4.79 Å². The molecule has 0 fully saturated rings. The predicted octanol–water partition coefficient (Wildman–Crippen LogP) is 3.18. The van der Waals surface area contributed by atoms with Crippen LogP contribution in [-0.2, 0) is 6.42 Å². The molecule has 1 aromatic rings. The van der Waals surface area contributed by atoms with E-state index in [0.29, 0.717) is 12.2 Å². The number of carbonyl (C=O) groups excluding carboxylic acids is 1. The number of hydrogen-bond donors (Lipinski definition) is 1. The molecular formula is C17H31N3O2. The van der Waals surface area contributed by atoms with Crippen LogP contribution in [0.3, 0.4) is 0 Å². The summed E-state index contributed by atoms with van der Waals surface area (Å²) in [4.78, 5) is 14.8. The molecule has 0 aliphatic heterocycles. The number of aromatic nitrogens is 1. The van der Waals surface area contributed by atoms with Gasteiger partial charge in [-0.3, -0.25) is 9.69 Å². The van der Waals surface area contributed by atoms with Crippen LogP contribution >= 0.6 is 0 Å². The minimum atomic E-state index is -0.151. The zero-order chi connectivity index (χ0) is 16.8. The van der Waals surface area contributed by atoms with Gasteiger partial charge in [-0.25, -0.2) is 0 Å². The van der Waals surface area contributed by atoms with Crippen LogP contribution in [0.5, 0.6) is 0 Å². The van der Waals surface area contributed by atoms with Crippen LogP contribution in [0.4, 0.5) is 0 Å². The highest BCUT2D eigenvalue weighted by Crippen LogP contribution is 2.16. The maximum Gasteiger partial charge on any atom is 0.273 e. The lowest BCUT2D eigenvalue weighted by Crippen LogP contribution is -2.52. The Kier molecular flexibility index (Phi) is 7.07. The molecule has 0 bridgehead atoms. The van der Waals surface area contributed by atoms with Gasteiger partial charge >= 0.3 is 0 Å². The average molecular weight is 309 g/mol. The molecule has 0 radical (unpaired) electrons. The van der Waals surface area contributed by atoms with Crippen LogP contribution in [0.2, 0.25) is 0 Å². The molecule has 1 amide bonds. The van der Waals surface area contributed by atoms with Gasteiger partial charge in [0.25, 0.3) is 5.91 Å². The van der Waals surface area contributed by atoms with Crippen LogP contribution in [0.25, 0.3) is 0 Å². The first-order valence-electron chi connectivity index (χ1n) is 8.35. The summed E-state index contributed by atoms with van der Waals surface area (Å²) in [5.41, 5.74) is 1.18. The second-order valence-corrected chi connectivity index (χ2v) is 6.42. The van der Waals surface area contributed by atoms with Crippen molar-refractivity contribution < 1.29 is 9.32 Å². The van der Waals surface area contributed by atoms with Crippen molar-refractivity contribution in [3.63, 3.8) is 0 Å². The maximum absolute atomic E-state index is 12.3. The van der Waals surface area contributed by atoms with E-state index in [2.05, 4.69) is 43.1 Å². The Balaban J connectivity index is 2.69. The van der Waals surface area contributed by atoms with Gasteiger partial charge < -0.3 is 9.84 Å². The molecule has 5 heteroatoms. The normalized spacial score (nSPS) is 12.0. The van der Waals surface area contributed by atoms with Gasteiger partial charge in [0.15, 0.2) is 5.69 Å². The molecule has 0 aliphatic carbocycles. The SMILES string of the molecule is CCCN(CCC)C(C)(C)CNC(=O)c1noc(CC)c1C. The van der Waals surface area contributed by atoms with Crippen LogP contribution in [0.15, 0.2) is 4.52 Å². The van der Waals surface area contributed by atoms with Gasteiger partial charge in [-0.15, -0.1) is 0 Å². The molecule has 1 rings (SSSR count). The first-order valence-corrected chi connectivity index (χ1v) is 8.35. The van der Waals surface area contributed by atoms with Gasteiger partial charge in [-0.1, -0.05) is 25.9 Å². The third-order valence-electron chi connectivity index (χ3n) is 4.08. The average Bonchev–Trinajstić information content (AvgIpc) is 2.85. The fraction of sp³-hybridized carbons (Fsp3) is 0.765. The van der Waals surface area contributed by atoms with Crippen molar-refractivity contribution in [3.8, 4) is 0 Å². The Morgan fingerprint density at radius 3 is 2.27 bits per heavy atom. The van der Waals surface area contributed by atoms with Gasteiger partial charge in [-0.05, 0) is 46.7 Å². The van der Waals surface area contributed by atoms with Crippen molar-refractivity contribution >= 4 is 5.91 Å². The highest BCUT2D eigenvalue weighted by molar-refractivity contribution is 5.93. The summed E-state index contributed by atoms with van der Waals surface area (Å²) in [6, 6.07) is 0. The number of carbonyl (C=O) groups is 1. The molecular weight excluding hydrogens is 278 g/mol. The van der Waals surface area contributed by atoms with Gasteiger partial charge in [0.2, 0.25) is 0 Å². The Hall–Kier alpha value is -1.36. The fourth-order valence-corrected chi connectivity index (χ4v) is 2.66. The Labute approximate surface area is 134 Å². The van der Waals surface area contributed by atoms with Gasteiger partial charge in [0.1, 0.15) is 5.76 Å². The van der Waals surface area contributed by atoms with E-state index in [-0.39, 0.29) is 11.4 Å². The lowest BCUT2D eigenvalue weighted by Gasteiger charge is -2.38. The molecule has 0 spiro atoms. The standard InChI is InChI=1S/C17H31N3O2/c1-7-10-20(11-8-2)17(5,6)12-18-16(21)15-13(4)14(9-3)22-19-15/h7-12H2,1-6H3,(H,18,21). The van der Waals surface area contributed by atoms with E-state index < -0.39 is 0 Å². The summed E-state index contributed by atoms with van der Waals surface area (Å²) in [6.45, 7) is 15.3. The lowest BCUT2D eigenvalue weighted by molar-refractivity contribution is 0.0856. The Bertz CT molecular complexity index is 474. The summed E-state index contributed by atoms with van der Waals surface area (Å²) >= 11 is 0. The lowest BCUT2D eigenvalue weighted by atomic mass is 10.0. The minimum Gasteiger partial charge on any atom is -0.360 e. The number of aryl methyl sites for hydroxylation is 1. The molecule has 0 saturated carbocycles. The highest BCUT2D eigenvalue weighted by atomic mass is 16.5. The summed E-state index contributed by atoms with van der Waals surface area (Å²) in [7, 11) is 0. The molecule has 0 aromatic carbocycles. The zero-order valence-corrected chi connectivity index (χ0v) is 15.0. The molecule has 0 saturated heterocycles. The van der Waals surface area contributed by atoms with Gasteiger partial charge in [0, 0.05) is 24.1 Å². The molecule has 5 nitrogen and oxygen atoms in total. The summed E-state index contributed by atoms with van der Waals surface area (Å²) in [5, 5.41) is 6.92. The number of amides is 1. The quantitative estimate of drug-likeness (QED) is 0.761. The molecule has 22 heavy (non-hydrogen) atoms. The molecule has 126 valence electrons. The molecule has 0 unspecified atom stereocenters. The van der Waals surface area contributed by atoms with E-state index in [1.54, 1.807) is 0 Å². The number of nitrogens with one attached hydrogen (secondary N) is 1. The van der Waals surface area contributed by atoms with E-state index in [4.69, 9.17) is 4.52 Å². The monoisotopic (exact) mass is 309 g/mol. The molecule has 1 heterocycles. The largest absolute Gasteiger partial charge is 0.360 e. The molecule has 1 N–H and O–H groups in total. The predicted molar refractivity (Wildman–Crippen MR) is 89.2 cm³/mol. The van der Waals surface area contributed by atoms with Crippen LogP contribution in [-0.4, -0.2) is 41.1 Å². The third-order valence-corrected chi connectivity index (χ3v) is 4.08. The molecule has 1 aromatic heterocycles. The van der Waals surface area contributed by atoms with Crippen molar-refractivity contribution in [3.05, 3.63) is 17.0 Å². The Morgan fingerprint density at radius 1 is 1.23 bits per heavy atom. The van der Waals surface area contributed by atoms with Crippen molar-refractivity contribution in [2.24, 2.45) is 0 Å². The van der Waals surface area contributed by atoms with Gasteiger partial charge in [-0.2, -0.15) is 0 Å². The maximum atomic E-state index is 12.3. The van der Waals surface area contributed by atoms with E-state index in [1.807, 2.05) is 13.8 Å². The first-order chi connectivity index (χ1) is 10.4. The number of nitrogens with zero attached hydrogens (tertiary/aromatic N) is 2. The van der Waals surface area contributed by atoms with Crippen LogP contribution in [0, 0.1) is 6.92 Å². The van der Waals surface area contributed by atoms with E-state index in [1.165, 1.54) is 0 Å². The van der Waals surface area contributed by atoms with Gasteiger partial charge in [0.05, 0.1) is 0 Å². The zero-order valence-electron chi connectivity index (χ0n) is 15.0. The summed E-state index contributed by atoms with van der Waals surface area (Å²) < 4.78 is 5.20. The molecule has 0 aliphatic rings. The van der Waals surface area contributed by atoms with Crippen molar-refractivity contribution in [2.45, 2.75) is 66.3 Å². The minimum absolute atomic E-state index is 0.0765. The van der Waals surface area contributed by atoms with Crippen molar-refractivity contribution in [2.75, 3.05) is 19.6 Å². The smallest absolute Gasteiger partial charge is 0.273 e. The van der Waals surface area contributed by atoms with Crippen LogP contribution in [0.1, 0.15) is 69.3 Å². The number of hydrogen-bond acceptors (Lipinski definition) is 4. The van der Waals surface area contributed by atoms with Crippen molar-refractivity contribution in [1.29, 1.82) is 0 Å². The second-order valence-electron chi connectivity index (χ2n) is 6.42. The van der Waals surface area contributed by atoms with E-state index in [0.717, 1.165) is 43.7 Å². The first kappa shape index (κ1) is 18.7.